The minimum Gasteiger partial charge on any atom is -0.320 e. The summed E-state index contributed by atoms with van der Waals surface area (Å²) in [7, 11) is 1.62. The van der Waals surface area contributed by atoms with Crippen LogP contribution < -0.4 is 16.6 Å². The third-order valence-electron chi connectivity index (χ3n) is 1.79. The van der Waals surface area contributed by atoms with E-state index in [-0.39, 0.29) is 5.91 Å². The fourth-order valence-electron chi connectivity index (χ4n) is 1.08. The summed E-state index contributed by atoms with van der Waals surface area (Å²) in [6, 6.07) is 3.14. The largest absolute Gasteiger partial charge is 0.320 e. The van der Waals surface area contributed by atoms with Crippen molar-refractivity contribution < 1.29 is 4.79 Å². The lowest BCUT2D eigenvalue weighted by Crippen LogP contribution is -2.46. The van der Waals surface area contributed by atoms with Gasteiger partial charge >= 0.3 is 0 Å². The molecule has 0 aliphatic heterocycles. The van der Waals surface area contributed by atoms with Gasteiger partial charge in [0.05, 0.1) is 6.04 Å². The molecule has 5 nitrogen and oxygen atoms in total. The van der Waals surface area contributed by atoms with Crippen LogP contribution in [0.1, 0.15) is 5.56 Å². The van der Waals surface area contributed by atoms with Gasteiger partial charge in [0, 0.05) is 19.4 Å². The highest BCUT2D eigenvalue weighted by Gasteiger charge is 2.12. The molecule has 0 aliphatic rings. The van der Waals surface area contributed by atoms with E-state index in [1.807, 2.05) is 12.1 Å². The van der Waals surface area contributed by atoms with E-state index in [1.54, 1.807) is 19.4 Å². The van der Waals surface area contributed by atoms with Crippen molar-refractivity contribution >= 4 is 5.91 Å². The first-order valence-corrected chi connectivity index (χ1v) is 4.35. The lowest BCUT2D eigenvalue weighted by Gasteiger charge is -2.10. The number of hydrogen-bond acceptors (Lipinski definition) is 4. The van der Waals surface area contributed by atoms with Crippen molar-refractivity contribution in [1.82, 2.24) is 15.8 Å². The Morgan fingerprint density at radius 1 is 1.57 bits per heavy atom. The van der Waals surface area contributed by atoms with Crippen molar-refractivity contribution in [2.24, 2.45) is 5.73 Å². The SMILES string of the molecule is CNNC(=O)C(N)Cc1ccncc1. The number of amides is 1. The van der Waals surface area contributed by atoms with Crippen LogP contribution in [-0.2, 0) is 11.2 Å². The topological polar surface area (TPSA) is 80.0 Å². The van der Waals surface area contributed by atoms with Gasteiger partial charge in [-0.3, -0.25) is 15.2 Å². The summed E-state index contributed by atoms with van der Waals surface area (Å²) in [6.07, 6.45) is 3.87. The van der Waals surface area contributed by atoms with E-state index >= 15 is 0 Å². The maximum absolute atomic E-state index is 11.2. The van der Waals surface area contributed by atoms with Gasteiger partial charge in [-0.2, -0.15) is 0 Å². The molecule has 5 heteroatoms. The number of hydrazine groups is 1. The zero-order chi connectivity index (χ0) is 10.4. The third-order valence-corrected chi connectivity index (χ3v) is 1.79. The van der Waals surface area contributed by atoms with Crippen molar-refractivity contribution in [3.8, 4) is 0 Å². The highest BCUT2D eigenvalue weighted by Crippen LogP contribution is 1.99. The van der Waals surface area contributed by atoms with E-state index in [2.05, 4.69) is 15.8 Å². The molecule has 0 bridgehead atoms. The highest BCUT2D eigenvalue weighted by atomic mass is 16.2. The van der Waals surface area contributed by atoms with Crippen LogP contribution in [0, 0.1) is 0 Å². The Bertz CT molecular complexity index is 288. The van der Waals surface area contributed by atoms with Crippen molar-refractivity contribution in [1.29, 1.82) is 0 Å². The number of carbonyl (C=O) groups excluding carboxylic acids is 1. The summed E-state index contributed by atoms with van der Waals surface area (Å²) in [5, 5.41) is 0. The van der Waals surface area contributed by atoms with Crippen LogP contribution in [0.5, 0.6) is 0 Å². The standard InChI is InChI=1S/C9H14N4O/c1-11-13-9(14)8(10)6-7-2-4-12-5-3-7/h2-5,8,11H,6,10H2,1H3,(H,13,14). The Morgan fingerprint density at radius 2 is 2.21 bits per heavy atom. The molecular weight excluding hydrogens is 180 g/mol. The molecule has 1 rings (SSSR count). The van der Waals surface area contributed by atoms with Gasteiger partial charge in [-0.25, -0.2) is 5.43 Å². The molecule has 1 atom stereocenters. The summed E-state index contributed by atoms with van der Waals surface area (Å²) in [5.41, 5.74) is 11.6. The van der Waals surface area contributed by atoms with Crippen LogP contribution >= 0.6 is 0 Å². The van der Waals surface area contributed by atoms with Gasteiger partial charge in [-0.05, 0) is 24.1 Å². The van der Waals surface area contributed by atoms with Crippen molar-refractivity contribution in [2.75, 3.05) is 7.05 Å². The predicted octanol–water partition coefficient (Wildman–Crippen LogP) is -0.798. The van der Waals surface area contributed by atoms with Crippen LogP contribution in [0.2, 0.25) is 0 Å². The van der Waals surface area contributed by atoms with Crippen LogP contribution in [0.25, 0.3) is 0 Å². The average Bonchev–Trinajstić information content (AvgIpc) is 2.19. The Balaban J connectivity index is 2.49. The monoisotopic (exact) mass is 194 g/mol. The van der Waals surface area contributed by atoms with E-state index < -0.39 is 6.04 Å². The Hall–Kier alpha value is -1.46. The quantitative estimate of drug-likeness (QED) is 0.548. The number of rotatable bonds is 4. The van der Waals surface area contributed by atoms with Gasteiger partial charge in [0.15, 0.2) is 0 Å². The number of nitrogens with two attached hydrogens (primary N) is 1. The molecular formula is C9H14N4O. The molecule has 0 aliphatic carbocycles. The van der Waals surface area contributed by atoms with Gasteiger partial charge in [-0.1, -0.05) is 0 Å². The minimum absolute atomic E-state index is 0.218. The molecule has 1 heterocycles. The number of nitrogens with zero attached hydrogens (tertiary/aromatic N) is 1. The first-order valence-electron chi connectivity index (χ1n) is 4.35. The molecule has 0 fully saturated rings. The zero-order valence-corrected chi connectivity index (χ0v) is 8.03. The molecule has 14 heavy (non-hydrogen) atoms. The second-order valence-electron chi connectivity index (χ2n) is 2.91. The van der Waals surface area contributed by atoms with Gasteiger partial charge in [-0.15, -0.1) is 0 Å². The summed E-state index contributed by atoms with van der Waals surface area (Å²) in [6.45, 7) is 0. The van der Waals surface area contributed by atoms with Crippen LogP contribution in [0.15, 0.2) is 24.5 Å². The second-order valence-corrected chi connectivity index (χ2v) is 2.91. The molecule has 1 amide bonds. The molecule has 0 saturated carbocycles. The number of carbonyl (C=O) groups is 1. The van der Waals surface area contributed by atoms with E-state index in [0.717, 1.165) is 5.56 Å². The molecule has 1 aromatic heterocycles. The van der Waals surface area contributed by atoms with Crippen LogP contribution in [0.4, 0.5) is 0 Å². The maximum atomic E-state index is 11.2. The Morgan fingerprint density at radius 3 is 2.79 bits per heavy atom. The molecule has 0 saturated heterocycles. The lowest BCUT2D eigenvalue weighted by molar-refractivity contribution is -0.123. The van der Waals surface area contributed by atoms with E-state index in [9.17, 15) is 4.79 Å². The molecule has 4 N–H and O–H groups in total. The number of aromatic nitrogens is 1. The first kappa shape index (κ1) is 10.6. The van der Waals surface area contributed by atoms with Crippen molar-refractivity contribution in [2.45, 2.75) is 12.5 Å². The number of nitrogens with one attached hydrogen (secondary N) is 2. The van der Waals surface area contributed by atoms with Gasteiger partial charge in [0.2, 0.25) is 0 Å². The second kappa shape index (κ2) is 5.31. The Kier molecular flexibility index (Phi) is 4.03. The van der Waals surface area contributed by atoms with E-state index in [4.69, 9.17) is 5.73 Å². The third kappa shape index (κ3) is 3.12. The van der Waals surface area contributed by atoms with Crippen LogP contribution in [-0.4, -0.2) is 24.0 Å². The Labute approximate surface area is 82.7 Å². The van der Waals surface area contributed by atoms with Crippen LogP contribution in [0.3, 0.4) is 0 Å². The van der Waals surface area contributed by atoms with E-state index in [1.165, 1.54) is 0 Å². The van der Waals surface area contributed by atoms with Gasteiger partial charge in [0.1, 0.15) is 0 Å². The normalized spacial score (nSPS) is 12.1. The zero-order valence-electron chi connectivity index (χ0n) is 8.03. The number of hydrogen-bond donors (Lipinski definition) is 3. The summed E-state index contributed by atoms with van der Waals surface area (Å²) >= 11 is 0. The molecule has 1 aromatic rings. The molecule has 0 spiro atoms. The minimum atomic E-state index is -0.537. The fourth-order valence-corrected chi connectivity index (χ4v) is 1.08. The summed E-state index contributed by atoms with van der Waals surface area (Å²) in [5.74, 6) is -0.218. The van der Waals surface area contributed by atoms with Crippen molar-refractivity contribution in [3.63, 3.8) is 0 Å². The first-order chi connectivity index (χ1) is 6.74. The molecule has 1 unspecified atom stereocenters. The predicted molar refractivity (Wildman–Crippen MR) is 53.1 cm³/mol. The molecule has 76 valence electrons. The van der Waals surface area contributed by atoms with Gasteiger partial charge < -0.3 is 5.73 Å². The molecule has 0 radical (unpaired) electrons. The average molecular weight is 194 g/mol. The fraction of sp³-hybridized carbons (Fsp3) is 0.333. The highest BCUT2D eigenvalue weighted by molar-refractivity contribution is 5.81. The van der Waals surface area contributed by atoms with Gasteiger partial charge in [0.25, 0.3) is 5.91 Å². The lowest BCUT2D eigenvalue weighted by atomic mass is 10.1. The maximum Gasteiger partial charge on any atom is 0.251 e. The summed E-state index contributed by atoms with van der Waals surface area (Å²) < 4.78 is 0. The molecule has 0 aromatic carbocycles. The summed E-state index contributed by atoms with van der Waals surface area (Å²) in [4.78, 5) is 15.1. The smallest absolute Gasteiger partial charge is 0.251 e. The van der Waals surface area contributed by atoms with E-state index in [0.29, 0.717) is 6.42 Å². The van der Waals surface area contributed by atoms with Crippen molar-refractivity contribution in [3.05, 3.63) is 30.1 Å². The number of pyridine rings is 1.